The number of ether oxygens (including phenoxy) is 1. The molecule has 1 aromatic rings. The molecule has 0 aromatic heterocycles. The maximum Gasteiger partial charge on any atom is 0.227 e. The monoisotopic (exact) mass is 279 g/mol. The van der Waals surface area contributed by atoms with Gasteiger partial charge in [-0.25, -0.2) is 0 Å². The number of likely N-dealkylation sites (N-methyl/N-ethyl adjacent to an activating group) is 1. The Bertz CT molecular complexity index is 438. The number of rotatable bonds is 7. The molecular formula is C16H25NO3. The van der Waals surface area contributed by atoms with Crippen LogP contribution in [0.25, 0.3) is 0 Å². The van der Waals surface area contributed by atoms with Crippen LogP contribution in [-0.2, 0) is 11.2 Å². The predicted molar refractivity (Wildman–Crippen MR) is 79.9 cm³/mol. The normalized spacial score (nSPS) is 11.2. The summed E-state index contributed by atoms with van der Waals surface area (Å²) in [6.45, 7) is 8.80. The van der Waals surface area contributed by atoms with Crippen LogP contribution >= 0.6 is 0 Å². The highest BCUT2D eigenvalue weighted by Gasteiger charge is 2.21. The number of carbonyl (C=O) groups is 1. The van der Waals surface area contributed by atoms with Gasteiger partial charge in [-0.15, -0.1) is 0 Å². The molecular weight excluding hydrogens is 254 g/mol. The molecule has 0 spiro atoms. The Morgan fingerprint density at radius 3 is 2.60 bits per heavy atom. The minimum absolute atomic E-state index is 0.0169. The number of amides is 1. The first-order chi connectivity index (χ1) is 9.35. The SMILES string of the molecule is CCOc1cccc(CC(=O)N(CC)CC(C)(C)O)c1. The summed E-state index contributed by atoms with van der Waals surface area (Å²) in [5.74, 6) is 0.798. The van der Waals surface area contributed by atoms with Gasteiger partial charge in [0.05, 0.1) is 18.6 Å². The third-order valence-electron chi connectivity index (χ3n) is 2.88. The second-order valence-electron chi connectivity index (χ2n) is 5.48. The van der Waals surface area contributed by atoms with Crippen LogP contribution in [0.15, 0.2) is 24.3 Å². The van der Waals surface area contributed by atoms with E-state index in [4.69, 9.17) is 4.74 Å². The van der Waals surface area contributed by atoms with Gasteiger partial charge in [0.1, 0.15) is 5.75 Å². The fourth-order valence-electron chi connectivity index (χ4n) is 2.04. The molecule has 1 rings (SSSR count). The number of aliphatic hydroxyl groups is 1. The Morgan fingerprint density at radius 1 is 1.35 bits per heavy atom. The van der Waals surface area contributed by atoms with Crippen molar-refractivity contribution in [2.24, 2.45) is 0 Å². The molecule has 4 heteroatoms. The first-order valence-corrected chi connectivity index (χ1v) is 7.07. The van der Waals surface area contributed by atoms with Gasteiger partial charge in [0.15, 0.2) is 0 Å². The van der Waals surface area contributed by atoms with E-state index >= 15 is 0 Å². The quantitative estimate of drug-likeness (QED) is 0.833. The van der Waals surface area contributed by atoms with Crippen LogP contribution in [0.5, 0.6) is 5.75 Å². The zero-order valence-electron chi connectivity index (χ0n) is 12.8. The van der Waals surface area contributed by atoms with Gasteiger partial charge >= 0.3 is 0 Å². The summed E-state index contributed by atoms with van der Waals surface area (Å²) in [6, 6.07) is 7.57. The molecule has 112 valence electrons. The molecule has 1 N–H and O–H groups in total. The topological polar surface area (TPSA) is 49.8 Å². The van der Waals surface area contributed by atoms with Crippen molar-refractivity contribution in [2.45, 2.75) is 39.7 Å². The highest BCUT2D eigenvalue weighted by molar-refractivity contribution is 5.79. The van der Waals surface area contributed by atoms with Crippen LogP contribution in [0.4, 0.5) is 0 Å². The summed E-state index contributed by atoms with van der Waals surface area (Å²) >= 11 is 0. The molecule has 1 aromatic carbocycles. The van der Waals surface area contributed by atoms with Gasteiger partial charge in [0, 0.05) is 13.1 Å². The summed E-state index contributed by atoms with van der Waals surface area (Å²) in [5, 5.41) is 9.83. The van der Waals surface area contributed by atoms with Crippen LogP contribution in [-0.4, -0.2) is 41.2 Å². The van der Waals surface area contributed by atoms with Gasteiger partial charge in [0.25, 0.3) is 0 Å². The van der Waals surface area contributed by atoms with Crippen molar-refractivity contribution < 1.29 is 14.6 Å². The van der Waals surface area contributed by atoms with E-state index in [0.29, 0.717) is 26.1 Å². The second-order valence-corrected chi connectivity index (χ2v) is 5.48. The van der Waals surface area contributed by atoms with Crippen LogP contribution in [0.3, 0.4) is 0 Å². The van der Waals surface area contributed by atoms with E-state index < -0.39 is 5.60 Å². The molecule has 0 radical (unpaired) electrons. The molecule has 0 saturated carbocycles. The third-order valence-corrected chi connectivity index (χ3v) is 2.88. The van der Waals surface area contributed by atoms with E-state index in [9.17, 15) is 9.90 Å². The van der Waals surface area contributed by atoms with Crippen LogP contribution < -0.4 is 4.74 Å². The molecule has 0 fully saturated rings. The van der Waals surface area contributed by atoms with Crippen molar-refractivity contribution in [1.29, 1.82) is 0 Å². The molecule has 0 atom stereocenters. The van der Waals surface area contributed by atoms with E-state index in [1.807, 2.05) is 38.1 Å². The van der Waals surface area contributed by atoms with E-state index in [0.717, 1.165) is 11.3 Å². The average Bonchev–Trinajstić information content (AvgIpc) is 2.35. The highest BCUT2D eigenvalue weighted by atomic mass is 16.5. The molecule has 0 unspecified atom stereocenters. The van der Waals surface area contributed by atoms with Gasteiger partial charge < -0.3 is 14.7 Å². The van der Waals surface area contributed by atoms with Crippen molar-refractivity contribution in [3.05, 3.63) is 29.8 Å². The average molecular weight is 279 g/mol. The highest BCUT2D eigenvalue weighted by Crippen LogP contribution is 2.15. The molecule has 20 heavy (non-hydrogen) atoms. The second kappa shape index (κ2) is 7.29. The minimum atomic E-state index is -0.876. The molecule has 0 aliphatic heterocycles. The molecule has 0 aliphatic carbocycles. The fourth-order valence-corrected chi connectivity index (χ4v) is 2.04. The molecule has 0 heterocycles. The summed E-state index contributed by atoms with van der Waals surface area (Å²) in [6.07, 6.45) is 0.324. The maximum absolute atomic E-state index is 12.3. The Morgan fingerprint density at radius 2 is 2.05 bits per heavy atom. The lowest BCUT2D eigenvalue weighted by atomic mass is 10.1. The zero-order valence-corrected chi connectivity index (χ0v) is 12.8. The van der Waals surface area contributed by atoms with E-state index in [2.05, 4.69) is 0 Å². The van der Waals surface area contributed by atoms with Crippen molar-refractivity contribution in [2.75, 3.05) is 19.7 Å². The van der Waals surface area contributed by atoms with Gasteiger partial charge in [-0.05, 0) is 45.4 Å². The molecule has 0 saturated heterocycles. The Hall–Kier alpha value is -1.55. The summed E-state index contributed by atoms with van der Waals surface area (Å²) in [5.41, 5.74) is 0.0499. The van der Waals surface area contributed by atoms with Crippen LogP contribution in [0.1, 0.15) is 33.3 Å². The number of benzene rings is 1. The van der Waals surface area contributed by atoms with Gasteiger partial charge in [0.2, 0.25) is 5.91 Å². The largest absolute Gasteiger partial charge is 0.494 e. The third kappa shape index (κ3) is 5.61. The van der Waals surface area contributed by atoms with E-state index in [-0.39, 0.29) is 5.91 Å². The molecule has 0 bridgehead atoms. The summed E-state index contributed by atoms with van der Waals surface area (Å²) in [7, 11) is 0. The zero-order chi connectivity index (χ0) is 15.2. The molecule has 1 amide bonds. The van der Waals surface area contributed by atoms with Gasteiger partial charge in [-0.2, -0.15) is 0 Å². The van der Waals surface area contributed by atoms with E-state index in [1.54, 1.807) is 18.7 Å². The van der Waals surface area contributed by atoms with E-state index in [1.165, 1.54) is 0 Å². The standard InChI is InChI=1S/C16H25NO3/c1-5-17(12-16(3,4)19)15(18)11-13-8-7-9-14(10-13)20-6-2/h7-10,19H,5-6,11-12H2,1-4H3. The Balaban J connectivity index is 2.70. The first-order valence-electron chi connectivity index (χ1n) is 7.07. The lowest BCUT2D eigenvalue weighted by Crippen LogP contribution is -2.42. The van der Waals surface area contributed by atoms with Crippen LogP contribution in [0, 0.1) is 0 Å². The predicted octanol–water partition coefficient (Wildman–Crippen LogP) is 2.25. The van der Waals surface area contributed by atoms with Crippen LogP contribution in [0.2, 0.25) is 0 Å². The minimum Gasteiger partial charge on any atom is -0.494 e. The Labute approximate surface area is 121 Å². The molecule has 0 aliphatic rings. The smallest absolute Gasteiger partial charge is 0.227 e. The number of hydrogen-bond donors (Lipinski definition) is 1. The lowest BCUT2D eigenvalue weighted by molar-refractivity contribution is -0.133. The van der Waals surface area contributed by atoms with Crippen molar-refractivity contribution in [1.82, 2.24) is 4.90 Å². The first kappa shape index (κ1) is 16.5. The maximum atomic E-state index is 12.3. The number of hydrogen-bond acceptors (Lipinski definition) is 3. The summed E-state index contributed by atoms with van der Waals surface area (Å²) < 4.78 is 5.43. The number of nitrogens with zero attached hydrogens (tertiary/aromatic N) is 1. The Kier molecular flexibility index (Phi) is 6.02. The van der Waals surface area contributed by atoms with Gasteiger partial charge in [-0.3, -0.25) is 4.79 Å². The number of carbonyl (C=O) groups excluding carboxylic acids is 1. The van der Waals surface area contributed by atoms with Crippen molar-refractivity contribution in [3.8, 4) is 5.75 Å². The molecule has 4 nitrogen and oxygen atoms in total. The van der Waals surface area contributed by atoms with Crippen molar-refractivity contribution >= 4 is 5.91 Å². The lowest BCUT2D eigenvalue weighted by Gasteiger charge is -2.28. The fraction of sp³-hybridized carbons (Fsp3) is 0.562. The summed E-state index contributed by atoms with van der Waals surface area (Å²) in [4.78, 5) is 13.9. The van der Waals surface area contributed by atoms with Crippen molar-refractivity contribution in [3.63, 3.8) is 0 Å². The van der Waals surface area contributed by atoms with Gasteiger partial charge in [-0.1, -0.05) is 12.1 Å².